The number of hydrogen-bond donors (Lipinski definition) is 1. The van der Waals surface area contributed by atoms with Gasteiger partial charge in [0.25, 0.3) is 10.0 Å². The molecule has 10 heteroatoms. The monoisotopic (exact) mass is 547 g/mol. The van der Waals surface area contributed by atoms with E-state index in [2.05, 4.69) is 5.32 Å². The molecule has 2 amide bonds. The lowest BCUT2D eigenvalue weighted by molar-refractivity contribution is -0.139. The van der Waals surface area contributed by atoms with Gasteiger partial charge in [-0.05, 0) is 67.9 Å². The van der Waals surface area contributed by atoms with E-state index in [0.717, 1.165) is 9.87 Å². The van der Waals surface area contributed by atoms with E-state index in [4.69, 9.17) is 23.2 Å². The molecule has 0 aliphatic carbocycles. The molecule has 7 nitrogen and oxygen atoms in total. The number of nitrogens with one attached hydrogen (secondary N) is 1. The fourth-order valence-electron chi connectivity index (χ4n) is 3.55. The smallest absolute Gasteiger partial charge is 0.264 e. The molecule has 3 aromatic carbocycles. The highest BCUT2D eigenvalue weighted by Crippen LogP contribution is 2.25. The van der Waals surface area contributed by atoms with Gasteiger partial charge in [0, 0.05) is 23.1 Å². The van der Waals surface area contributed by atoms with Gasteiger partial charge in [0.05, 0.1) is 10.6 Å². The van der Waals surface area contributed by atoms with Gasteiger partial charge in [0.15, 0.2) is 0 Å². The minimum atomic E-state index is -4.12. The summed E-state index contributed by atoms with van der Waals surface area (Å²) in [6.45, 7) is 3.38. The predicted octanol–water partition coefficient (Wildman–Crippen LogP) is 4.74. The van der Waals surface area contributed by atoms with Crippen molar-refractivity contribution in [2.45, 2.75) is 31.3 Å². The second-order valence-electron chi connectivity index (χ2n) is 8.02. The molecular weight excluding hydrogens is 521 g/mol. The first-order valence-corrected chi connectivity index (χ1v) is 13.5. The van der Waals surface area contributed by atoms with E-state index in [1.165, 1.54) is 29.2 Å². The number of nitrogens with zero attached hydrogens (tertiary/aromatic N) is 2. The summed E-state index contributed by atoms with van der Waals surface area (Å²) in [5.74, 6) is -0.878. The van der Waals surface area contributed by atoms with Gasteiger partial charge in [0.2, 0.25) is 11.8 Å². The number of anilines is 1. The molecule has 0 unspecified atom stereocenters. The third-order valence-corrected chi connectivity index (χ3v) is 7.80. The van der Waals surface area contributed by atoms with Crippen molar-refractivity contribution < 1.29 is 18.0 Å². The number of hydrogen-bond acceptors (Lipinski definition) is 4. The maximum Gasteiger partial charge on any atom is 0.264 e. The zero-order chi connectivity index (χ0) is 26.3. The molecule has 0 radical (unpaired) electrons. The maximum atomic E-state index is 13.7. The number of halogens is 2. The van der Waals surface area contributed by atoms with E-state index in [-0.39, 0.29) is 17.3 Å². The number of sulfonamides is 1. The largest absolute Gasteiger partial charge is 0.355 e. The van der Waals surface area contributed by atoms with Gasteiger partial charge in [-0.25, -0.2) is 8.42 Å². The Morgan fingerprint density at radius 1 is 0.889 bits per heavy atom. The molecule has 0 saturated heterocycles. The molecule has 1 atom stereocenters. The van der Waals surface area contributed by atoms with Crippen LogP contribution in [0.5, 0.6) is 0 Å². The minimum Gasteiger partial charge on any atom is -0.355 e. The SMILES string of the molecule is CCNC(=O)[C@@H](C)N(Cc1ccc(Cl)cc1)C(=O)CN(c1ccccc1)S(=O)(=O)c1ccc(Cl)cc1. The van der Waals surface area contributed by atoms with Gasteiger partial charge in [-0.15, -0.1) is 0 Å². The molecule has 0 aliphatic rings. The predicted molar refractivity (Wildman–Crippen MR) is 143 cm³/mol. The maximum absolute atomic E-state index is 13.7. The third-order valence-electron chi connectivity index (χ3n) is 5.51. The molecule has 0 bridgehead atoms. The first-order chi connectivity index (χ1) is 17.1. The fourth-order valence-corrected chi connectivity index (χ4v) is 5.21. The summed E-state index contributed by atoms with van der Waals surface area (Å²) in [5.41, 5.74) is 1.06. The Morgan fingerprint density at radius 2 is 1.44 bits per heavy atom. The Labute approximate surface area is 221 Å². The topological polar surface area (TPSA) is 86.8 Å². The van der Waals surface area contributed by atoms with Crippen LogP contribution in [0, 0.1) is 0 Å². The van der Waals surface area contributed by atoms with Crippen LogP contribution < -0.4 is 9.62 Å². The van der Waals surface area contributed by atoms with Crippen LogP contribution in [0.4, 0.5) is 5.69 Å². The molecule has 36 heavy (non-hydrogen) atoms. The van der Waals surface area contributed by atoms with Crippen molar-refractivity contribution >= 4 is 50.7 Å². The number of amides is 2. The standard InChI is InChI=1S/C26H27Cl2N3O4S/c1-3-29-26(33)19(2)30(17-20-9-11-21(27)12-10-20)25(32)18-31(23-7-5-4-6-8-23)36(34,35)24-15-13-22(28)14-16-24/h4-16,19H,3,17-18H2,1-2H3,(H,29,33)/t19-/m1/s1. The van der Waals surface area contributed by atoms with Crippen molar-refractivity contribution in [2.24, 2.45) is 0 Å². The molecule has 0 spiro atoms. The van der Waals surface area contributed by atoms with E-state index in [9.17, 15) is 18.0 Å². The Bertz CT molecular complexity index is 1290. The summed E-state index contributed by atoms with van der Waals surface area (Å²) < 4.78 is 28.3. The van der Waals surface area contributed by atoms with Gasteiger partial charge in [-0.1, -0.05) is 53.5 Å². The van der Waals surface area contributed by atoms with E-state index in [1.807, 2.05) is 0 Å². The van der Waals surface area contributed by atoms with Crippen molar-refractivity contribution in [3.8, 4) is 0 Å². The summed E-state index contributed by atoms with van der Waals surface area (Å²) in [6, 6.07) is 20.1. The van der Waals surface area contributed by atoms with Crippen molar-refractivity contribution in [1.29, 1.82) is 0 Å². The van der Waals surface area contributed by atoms with E-state index < -0.39 is 28.5 Å². The average molecular weight is 548 g/mol. The van der Waals surface area contributed by atoms with E-state index in [0.29, 0.717) is 22.3 Å². The zero-order valence-electron chi connectivity index (χ0n) is 19.9. The summed E-state index contributed by atoms with van der Waals surface area (Å²) in [6.07, 6.45) is 0. The highest BCUT2D eigenvalue weighted by atomic mass is 35.5. The number of carbonyl (C=O) groups excluding carboxylic acids is 2. The normalized spacial score (nSPS) is 12.0. The number of carbonyl (C=O) groups is 2. The van der Waals surface area contributed by atoms with Crippen molar-refractivity contribution in [2.75, 3.05) is 17.4 Å². The lowest BCUT2D eigenvalue weighted by Gasteiger charge is -2.32. The molecule has 0 aromatic heterocycles. The van der Waals surface area contributed by atoms with Crippen LogP contribution in [-0.2, 0) is 26.2 Å². The summed E-state index contributed by atoms with van der Waals surface area (Å²) in [7, 11) is -4.12. The second-order valence-corrected chi connectivity index (χ2v) is 10.8. The Hall–Kier alpha value is -3.07. The number of rotatable bonds is 10. The number of para-hydroxylation sites is 1. The molecule has 0 aliphatic heterocycles. The lowest BCUT2D eigenvalue weighted by Crippen LogP contribution is -2.51. The van der Waals surface area contributed by atoms with Gasteiger partial charge < -0.3 is 10.2 Å². The summed E-state index contributed by atoms with van der Waals surface area (Å²) in [5, 5.41) is 3.65. The Balaban J connectivity index is 1.99. The quantitative estimate of drug-likeness (QED) is 0.397. The van der Waals surface area contributed by atoms with Crippen LogP contribution in [0.1, 0.15) is 19.4 Å². The highest BCUT2D eigenvalue weighted by Gasteiger charge is 2.32. The molecule has 3 rings (SSSR count). The highest BCUT2D eigenvalue weighted by molar-refractivity contribution is 7.92. The van der Waals surface area contributed by atoms with E-state index in [1.54, 1.807) is 68.4 Å². The number of benzene rings is 3. The zero-order valence-corrected chi connectivity index (χ0v) is 22.2. The minimum absolute atomic E-state index is 0.00965. The number of likely N-dealkylation sites (N-methyl/N-ethyl adjacent to an activating group) is 1. The van der Waals surface area contributed by atoms with Crippen LogP contribution in [-0.4, -0.2) is 44.3 Å². The summed E-state index contributed by atoms with van der Waals surface area (Å²) >= 11 is 11.9. The molecule has 1 N–H and O–H groups in total. The molecule has 0 heterocycles. The fraction of sp³-hybridized carbons (Fsp3) is 0.231. The first kappa shape index (κ1) is 27.5. The third kappa shape index (κ3) is 6.78. The van der Waals surface area contributed by atoms with Crippen molar-refractivity contribution in [1.82, 2.24) is 10.2 Å². The van der Waals surface area contributed by atoms with Gasteiger partial charge in [0.1, 0.15) is 12.6 Å². The molecule has 0 saturated carbocycles. The van der Waals surface area contributed by atoms with Crippen LogP contribution in [0.2, 0.25) is 10.0 Å². The molecular formula is C26H27Cl2N3O4S. The van der Waals surface area contributed by atoms with Crippen LogP contribution >= 0.6 is 23.2 Å². The average Bonchev–Trinajstić information content (AvgIpc) is 2.87. The Morgan fingerprint density at radius 3 is 2.00 bits per heavy atom. The molecule has 0 fully saturated rings. The van der Waals surface area contributed by atoms with Crippen LogP contribution in [0.15, 0.2) is 83.8 Å². The van der Waals surface area contributed by atoms with E-state index >= 15 is 0 Å². The van der Waals surface area contributed by atoms with Crippen LogP contribution in [0.3, 0.4) is 0 Å². The second kappa shape index (κ2) is 12.3. The Kier molecular flexibility index (Phi) is 9.37. The van der Waals surface area contributed by atoms with Gasteiger partial charge >= 0.3 is 0 Å². The van der Waals surface area contributed by atoms with Crippen LogP contribution in [0.25, 0.3) is 0 Å². The molecule has 3 aromatic rings. The van der Waals surface area contributed by atoms with Crippen molar-refractivity contribution in [3.05, 3.63) is 94.5 Å². The molecule has 190 valence electrons. The van der Waals surface area contributed by atoms with Gasteiger partial charge in [-0.3, -0.25) is 13.9 Å². The van der Waals surface area contributed by atoms with Gasteiger partial charge in [-0.2, -0.15) is 0 Å². The first-order valence-electron chi connectivity index (χ1n) is 11.3. The lowest BCUT2D eigenvalue weighted by atomic mass is 10.1. The summed E-state index contributed by atoms with van der Waals surface area (Å²) in [4.78, 5) is 27.7. The van der Waals surface area contributed by atoms with Crippen molar-refractivity contribution in [3.63, 3.8) is 0 Å².